The summed E-state index contributed by atoms with van der Waals surface area (Å²) < 4.78 is 184. The molecule has 0 atom stereocenters. The van der Waals surface area contributed by atoms with Gasteiger partial charge in [-0.3, -0.25) is 0 Å². The molecule has 0 N–H and O–H groups in total. The van der Waals surface area contributed by atoms with Gasteiger partial charge in [-0.2, -0.15) is 71.0 Å². The average Bonchev–Trinajstić information content (AvgIpc) is 2.06. The van der Waals surface area contributed by atoms with Gasteiger partial charge >= 0.3 is 41.9 Å². The Balaban J connectivity index is 7.12. The summed E-state index contributed by atoms with van der Waals surface area (Å²) in [6, 6.07) is 0. The van der Waals surface area contributed by atoms with Crippen LogP contribution in [0.5, 0.6) is 0 Å². The first kappa shape index (κ1) is 21.9. The Morgan fingerprint density at radius 2 is 0.609 bits per heavy atom. The van der Waals surface area contributed by atoms with Crippen LogP contribution in [0.3, 0.4) is 0 Å². The third-order valence-corrected chi connectivity index (χ3v) is 2.51. The van der Waals surface area contributed by atoms with Crippen molar-refractivity contribution in [2.24, 2.45) is 5.41 Å². The van der Waals surface area contributed by atoms with Crippen LogP contribution in [0.1, 0.15) is 0 Å². The molecule has 1 nitrogen and oxygen atoms in total. The van der Waals surface area contributed by atoms with Crippen molar-refractivity contribution in [3.8, 4) is 0 Å². The van der Waals surface area contributed by atoms with Crippen molar-refractivity contribution in [3.05, 3.63) is 0 Å². The molecule has 0 aromatic rings. The first-order valence-corrected chi connectivity index (χ1v) is 4.54. The maximum atomic E-state index is 12.9. The lowest BCUT2D eigenvalue weighted by Crippen LogP contribution is -2.75. The van der Waals surface area contributed by atoms with E-state index in [9.17, 15) is 71.0 Å². The van der Waals surface area contributed by atoms with Crippen molar-refractivity contribution in [1.82, 2.24) is 0 Å². The molecule has 16 heteroatoms. The van der Waals surface area contributed by atoms with Crippen LogP contribution < -0.4 is 0 Å². The molecule has 0 saturated carbocycles. The third kappa shape index (κ3) is 2.67. The Morgan fingerprint density at radius 1 is 0.391 bits per heavy atom. The van der Waals surface area contributed by atoms with Gasteiger partial charge in [0.05, 0.1) is 0 Å². The van der Waals surface area contributed by atoms with E-state index in [0.29, 0.717) is 0 Å². The zero-order chi connectivity index (χ0) is 19.5. The van der Waals surface area contributed by atoms with Crippen molar-refractivity contribution in [3.63, 3.8) is 0 Å². The molecule has 0 heterocycles. The fourth-order valence-electron chi connectivity index (χ4n) is 1.43. The molecule has 23 heavy (non-hydrogen) atoms. The molecule has 0 unspecified atom stereocenters. The molecule has 0 rings (SSSR count). The average molecular weight is 385 g/mol. The summed E-state index contributed by atoms with van der Waals surface area (Å²) in [4.78, 5) is 0. The Kier molecular flexibility index (Phi) is 4.72. The quantitative estimate of drug-likeness (QED) is 0.613. The van der Waals surface area contributed by atoms with Gasteiger partial charge in [-0.25, -0.2) is 0 Å². The highest BCUT2D eigenvalue weighted by Crippen LogP contribution is 2.70. The van der Waals surface area contributed by atoms with Crippen LogP contribution in [0.15, 0.2) is 0 Å². The second-order valence-corrected chi connectivity index (χ2v) is 3.91. The molecule has 1 radical (unpaired) electrons. The van der Waals surface area contributed by atoms with Crippen molar-refractivity contribution in [1.29, 1.82) is 0 Å². The summed E-state index contributed by atoms with van der Waals surface area (Å²) in [5, 5.41) is 9.53. The van der Waals surface area contributed by atoms with Crippen LogP contribution in [0.2, 0.25) is 0 Å². The molecule has 0 bridgehead atoms. The van der Waals surface area contributed by atoms with Crippen molar-refractivity contribution >= 4 is 0 Å². The van der Waals surface area contributed by atoms with E-state index in [0.717, 1.165) is 0 Å². The highest BCUT2D eigenvalue weighted by atomic mass is 19.4. The second-order valence-electron chi connectivity index (χ2n) is 3.91. The predicted molar refractivity (Wildman–Crippen MR) is 36.1 cm³/mol. The van der Waals surface area contributed by atoms with Crippen LogP contribution in [-0.2, 0) is 5.11 Å². The number of alkyl halides is 15. The number of hydrogen-bond donors (Lipinski definition) is 0. The molecule has 0 amide bonds. The van der Waals surface area contributed by atoms with Gasteiger partial charge in [0.2, 0.25) is 0 Å². The smallest absolute Gasteiger partial charge is 0.198 e. The van der Waals surface area contributed by atoms with Crippen molar-refractivity contribution < 1.29 is 71.0 Å². The van der Waals surface area contributed by atoms with E-state index in [4.69, 9.17) is 0 Å². The Hall–Kier alpha value is -1.09. The minimum absolute atomic E-state index is 7.59. The summed E-state index contributed by atoms with van der Waals surface area (Å²) in [5.41, 5.74) is -8.61. The zero-order valence-electron chi connectivity index (χ0n) is 9.58. The molecule has 0 fully saturated rings. The van der Waals surface area contributed by atoms with Crippen LogP contribution in [0.25, 0.3) is 0 Å². The van der Waals surface area contributed by atoms with Crippen LogP contribution in [0.4, 0.5) is 65.9 Å². The van der Waals surface area contributed by atoms with Crippen molar-refractivity contribution in [2.45, 2.75) is 36.5 Å². The maximum Gasteiger partial charge on any atom is 0.451 e. The summed E-state index contributed by atoms with van der Waals surface area (Å²) in [5.74, 6) is -16.8. The van der Waals surface area contributed by atoms with Gasteiger partial charge in [0.25, 0.3) is 0 Å². The van der Waals surface area contributed by atoms with E-state index >= 15 is 0 Å². The fraction of sp³-hybridized carbons (Fsp3) is 1.00. The molecule has 0 aromatic carbocycles. The number of hydrogen-bond acceptors (Lipinski definition) is 0. The normalized spacial score (nSPS) is 16.7. The SMILES string of the molecule is [O]C(F)(F)C(F)(F)C(F)(F)C(C(F)(F)F)(C(F)(F)F)C(F)(F)F. The molecular weight excluding hydrogens is 385 g/mol. The van der Waals surface area contributed by atoms with Gasteiger partial charge in [0.15, 0.2) is 0 Å². The van der Waals surface area contributed by atoms with Gasteiger partial charge in [0.1, 0.15) is 0 Å². The standard InChI is InChI=1S/C7F15O/c8-2(9,3(10,11)7(21,22)23)1(4(12,13)14,5(15,16)17)6(18,19)20. The van der Waals surface area contributed by atoms with E-state index in [1.807, 2.05) is 0 Å². The van der Waals surface area contributed by atoms with E-state index in [2.05, 4.69) is 0 Å². The molecule has 0 aliphatic rings. The Bertz CT molecular complexity index is 395. The fourth-order valence-corrected chi connectivity index (χ4v) is 1.43. The molecule has 0 spiro atoms. The van der Waals surface area contributed by atoms with Crippen LogP contribution in [0, 0.1) is 5.41 Å². The van der Waals surface area contributed by atoms with Crippen LogP contribution in [-0.4, -0.2) is 36.5 Å². The second kappa shape index (κ2) is 4.95. The van der Waals surface area contributed by atoms with Gasteiger partial charge in [-0.1, -0.05) is 0 Å². The summed E-state index contributed by atoms with van der Waals surface area (Å²) in [6.45, 7) is 0. The molecule has 0 saturated heterocycles. The van der Waals surface area contributed by atoms with E-state index in [1.165, 1.54) is 0 Å². The first-order valence-electron chi connectivity index (χ1n) is 4.54. The summed E-state index contributed by atoms with van der Waals surface area (Å²) in [6.07, 6.45) is -32.4. The minimum atomic E-state index is -8.62. The van der Waals surface area contributed by atoms with Crippen molar-refractivity contribution in [2.75, 3.05) is 0 Å². The third-order valence-electron chi connectivity index (χ3n) is 2.51. The highest BCUT2D eigenvalue weighted by molar-refractivity contribution is 5.14. The van der Waals surface area contributed by atoms with E-state index in [-0.39, 0.29) is 0 Å². The van der Waals surface area contributed by atoms with Crippen LogP contribution >= 0.6 is 0 Å². The minimum Gasteiger partial charge on any atom is -0.198 e. The van der Waals surface area contributed by atoms with Gasteiger partial charge < -0.3 is 0 Å². The predicted octanol–water partition coefficient (Wildman–Crippen LogP) is 4.95. The first-order chi connectivity index (χ1) is 9.50. The topological polar surface area (TPSA) is 19.9 Å². The highest BCUT2D eigenvalue weighted by Gasteiger charge is 3.00. The maximum absolute atomic E-state index is 12.9. The lowest BCUT2D eigenvalue weighted by molar-refractivity contribution is -0.520. The molecule has 139 valence electrons. The number of rotatable bonds is 3. The lowest BCUT2D eigenvalue weighted by Gasteiger charge is -2.45. The van der Waals surface area contributed by atoms with Gasteiger partial charge in [-0.15, -0.1) is 0 Å². The lowest BCUT2D eigenvalue weighted by atomic mass is 9.75. The molecular formula is C7F15O. The summed E-state index contributed by atoms with van der Waals surface area (Å²) >= 11 is 0. The van der Waals surface area contributed by atoms with Gasteiger partial charge in [0, 0.05) is 0 Å². The number of halogens is 15. The molecule has 0 aliphatic carbocycles. The largest absolute Gasteiger partial charge is 0.451 e. The summed E-state index contributed by atoms with van der Waals surface area (Å²) in [7, 11) is 0. The monoisotopic (exact) mass is 385 g/mol. The van der Waals surface area contributed by atoms with E-state index < -0.39 is 41.9 Å². The Labute approximate surface area is 114 Å². The molecule has 0 aromatic heterocycles. The van der Waals surface area contributed by atoms with Gasteiger partial charge in [-0.05, 0) is 0 Å². The zero-order valence-corrected chi connectivity index (χ0v) is 9.58. The Morgan fingerprint density at radius 3 is 0.739 bits per heavy atom. The van der Waals surface area contributed by atoms with E-state index in [1.54, 1.807) is 0 Å². The molecule has 0 aliphatic heterocycles.